The Morgan fingerprint density at radius 3 is 2.62 bits per heavy atom. The van der Waals surface area contributed by atoms with Crippen LogP contribution in [0, 0.1) is 5.92 Å². The van der Waals surface area contributed by atoms with Gasteiger partial charge in [0.15, 0.2) is 0 Å². The Kier molecular flexibility index (Phi) is 11.5. The van der Waals surface area contributed by atoms with E-state index in [4.69, 9.17) is 14.9 Å². The fourth-order valence-corrected chi connectivity index (χ4v) is 1.60. The average Bonchev–Trinajstić information content (AvgIpc) is 2.44. The number of allylic oxidation sites excluding steroid dienone is 1. The van der Waals surface area contributed by atoms with E-state index in [-0.39, 0.29) is 38.0 Å². The van der Waals surface area contributed by atoms with Crippen LogP contribution in [0.1, 0.15) is 19.8 Å². The average molecular weight is 302 g/mol. The fraction of sp³-hybridized carbons (Fsp3) is 0.714. The summed E-state index contributed by atoms with van der Waals surface area (Å²) in [5.74, 6) is -1.02. The number of hydrogen-bond acceptors (Lipinski definition) is 5. The van der Waals surface area contributed by atoms with Gasteiger partial charge < -0.3 is 25.6 Å². The van der Waals surface area contributed by atoms with Crippen LogP contribution in [0.25, 0.3) is 0 Å². The predicted octanol–water partition coefficient (Wildman–Crippen LogP) is -0.809. The maximum absolute atomic E-state index is 11.9. The highest BCUT2D eigenvalue weighted by molar-refractivity contribution is 5.85. The molecular weight excluding hydrogens is 276 g/mol. The molecule has 7 nitrogen and oxygen atoms in total. The molecule has 4 N–H and O–H groups in total. The van der Waals surface area contributed by atoms with E-state index in [1.807, 2.05) is 0 Å². The third-order valence-corrected chi connectivity index (χ3v) is 2.63. The van der Waals surface area contributed by atoms with Crippen molar-refractivity contribution < 1.29 is 24.5 Å². The van der Waals surface area contributed by atoms with Gasteiger partial charge in [-0.05, 0) is 13.3 Å². The Morgan fingerprint density at radius 2 is 2.05 bits per heavy atom. The van der Waals surface area contributed by atoms with Gasteiger partial charge in [-0.3, -0.25) is 9.59 Å². The highest BCUT2D eigenvalue weighted by Gasteiger charge is 2.20. The van der Waals surface area contributed by atoms with Gasteiger partial charge in [-0.2, -0.15) is 0 Å². The van der Waals surface area contributed by atoms with Gasteiger partial charge in [0.2, 0.25) is 11.8 Å². The summed E-state index contributed by atoms with van der Waals surface area (Å²) in [5.41, 5.74) is 0. The van der Waals surface area contributed by atoms with Crippen LogP contribution < -0.4 is 10.6 Å². The van der Waals surface area contributed by atoms with Crippen molar-refractivity contribution in [3.8, 4) is 0 Å². The molecule has 0 rings (SSSR count). The van der Waals surface area contributed by atoms with E-state index in [1.54, 1.807) is 13.0 Å². The molecule has 21 heavy (non-hydrogen) atoms. The van der Waals surface area contributed by atoms with E-state index >= 15 is 0 Å². The maximum Gasteiger partial charge on any atom is 0.224 e. The SMILES string of the molecule is C=CC[C@H](CC(=O)NCCOCCO)C(=O)NC[C@H](C)O. The van der Waals surface area contributed by atoms with E-state index in [1.165, 1.54) is 0 Å². The molecule has 7 heteroatoms. The topological polar surface area (TPSA) is 108 Å². The summed E-state index contributed by atoms with van der Waals surface area (Å²) in [6.07, 6.45) is 1.40. The first-order valence-electron chi connectivity index (χ1n) is 7.03. The number of nitrogens with one attached hydrogen (secondary N) is 2. The second-order valence-corrected chi connectivity index (χ2v) is 4.71. The highest BCUT2D eigenvalue weighted by atomic mass is 16.5. The molecule has 2 atom stereocenters. The Balaban J connectivity index is 4.08. The third kappa shape index (κ3) is 10.9. The predicted molar refractivity (Wildman–Crippen MR) is 78.5 cm³/mol. The summed E-state index contributed by atoms with van der Waals surface area (Å²) in [7, 11) is 0. The summed E-state index contributed by atoms with van der Waals surface area (Å²) < 4.78 is 5.01. The lowest BCUT2D eigenvalue weighted by Gasteiger charge is -2.16. The van der Waals surface area contributed by atoms with Crippen molar-refractivity contribution in [2.45, 2.75) is 25.9 Å². The van der Waals surface area contributed by atoms with Gasteiger partial charge in [0.05, 0.1) is 31.8 Å². The number of ether oxygens (including phenoxy) is 1. The molecule has 0 radical (unpaired) electrons. The first kappa shape index (κ1) is 19.6. The largest absolute Gasteiger partial charge is 0.394 e. The molecule has 0 aromatic heterocycles. The van der Waals surface area contributed by atoms with E-state index in [2.05, 4.69) is 17.2 Å². The van der Waals surface area contributed by atoms with Gasteiger partial charge >= 0.3 is 0 Å². The maximum atomic E-state index is 11.9. The van der Waals surface area contributed by atoms with E-state index in [0.717, 1.165) is 0 Å². The molecule has 2 amide bonds. The molecule has 0 aromatic rings. The minimum absolute atomic E-state index is 0.0532. The van der Waals surface area contributed by atoms with Crippen LogP contribution in [0.5, 0.6) is 0 Å². The van der Waals surface area contributed by atoms with Gasteiger partial charge in [-0.15, -0.1) is 6.58 Å². The van der Waals surface area contributed by atoms with Crippen molar-refractivity contribution in [2.75, 3.05) is 32.9 Å². The first-order chi connectivity index (χ1) is 10.0. The van der Waals surface area contributed by atoms with Crippen molar-refractivity contribution in [2.24, 2.45) is 5.92 Å². The molecule has 0 aliphatic rings. The molecule has 0 saturated carbocycles. The zero-order valence-electron chi connectivity index (χ0n) is 12.5. The van der Waals surface area contributed by atoms with Crippen LogP contribution in [0.15, 0.2) is 12.7 Å². The Morgan fingerprint density at radius 1 is 1.33 bits per heavy atom. The molecule has 0 spiro atoms. The molecule has 0 aliphatic heterocycles. The van der Waals surface area contributed by atoms with Crippen LogP contribution in [-0.2, 0) is 14.3 Å². The molecule has 0 aliphatic carbocycles. The third-order valence-electron chi connectivity index (χ3n) is 2.63. The van der Waals surface area contributed by atoms with Gasteiger partial charge in [0.1, 0.15) is 0 Å². The van der Waals surface area contributed by atoms with Crippen LogP contribution >= 0.6 is 0 Å². The standard InChI is InChI=1S/C14H26N2O5/c1-3-4-12(14(20)16-10-11(2)18)9-13(19)15-5-7-21-8-6-17/h3,11-12,17-18H,1,4-10H2,2H3,(H,15,19)(H,16,20)/t11-,12+/m0/s1. The minimum atomic E-state index is -0.629. The quantitative estimate of drug-likeness (QED) is 0.279. The zero-order chi connectivity index (χ0) is 16.1. The van der Waals surface area contributed by atoms with Crippen LogP contribution in [0.3, 0.4) is 0 Å². The summed E-state index contributed by atoms with van der Waals surface area (Å²) in [4.78, 5) is 23.6. The Bertz CT molecular complexity index is 320. The fourth-order valence-electron chi connectivity index (χ4n) is 1.60. The lowest BCUT2D eigenvalue weighted by Crippen LogP contribution is -2.38. The molecule has 0 fully saturated rings. The normalized spacial score (nSPS) is 13.3. The Labute approximate surface area is 125 Å². The number of amides is 2. The molecule has 0 saturated heterocycles. The number of hydrogen-bond donors (Lipinski definition) is 4. The van der Waals surface area contributed by atoms with E-state index < -0.39 is 12.0 Å². The molecule has 0 unspecified atom stereocenters. The molecule has 0 bridgehead atoms. The number of carbonyl (C=O) groups excluding carboxylic acids is 2. The molecule has 0 aromatic carbocycles. The van der Waals surface area contributed by atoms with Crippen LogP contribution in [0.2, 0.25) is 0 Å². The van der Waals surface area contributed by atoms with Crippen molar-refractivity contribution >= 4 is 11.8 Å². The van der Waals surface area contributed by atoms with Crippen LogP contribution in [0.4, 0.5) is 0 Å². The number of rotatable bonds is 12. The van der Waals surface area contributed by atoms with Crippen molar-refractivity contribution in [1.82, 2.24) is 10.6 Å². The summed E-state index contributed by atoms with van der Waals surface area (Å²) in [5, 5.41) is 22.9. The second-order valence-electron chi connectivity index (χ2n) is 4.71. The number of carbonyl (C=O) groups is 2. The van der Waals surface area contributed by atoms with Crippen molar-refractivity contribution in [1.29, 1.82) is 0 Å². The van der Waals surface area contributed by atoms with Gasteiger partial charge in [0.25, 0.3) is 0 Å². The van der Waals surface area contributed by atoms with E-state index in [9.17, 15) is 9.59 Å². The highest BCUT2D eigenvalue weighted by Crippen LogP contribution is 2.09. The monoisotopic (exact) mass is 302 g/mol. The number of aliphatic hydroxyl groups excluding tert-OH is 2. The minimum Gasteiger partial charge on any atom is -0.394 e. The van der Waals surface area contributed by atoms with Crippen LogP contribution in [-0.4, -0.2) is 61.0 Å². The summed E-state index contributed by atoms with van der Waals surface area (Å²) in [6, 6.07) is 0. The van der Waals surface area contributed by atoms with Crippen molar-refractivity contribution in [3.63, 3.8) is 0 Å². The van der Waals surface area contributed by atoms with Crippen molar-refractivity contribution in [3.05, 3.63) is 12.7 Å². The zero-order valence-corrected chi connectivity index (χ0v) is 12.5. The first-order valence-corrected chi connectivity index (χ1v) is 7.03. The van der Waals surface area contributed by atoms with Gasteiger partial charge in [-0.1, -0.05) is 6.08 Å². The van der Waals surface area contributed by atoms with E-state index in [0.29, 0.717) is 19.6 Å². The lowest BCUT2D eigenvalue weighted by molar-refractivity contribution is -0.130. The van der Waals surface area contributed by atoms with Gasteiger partial charge in [-0.25, -0.2) is 0 Å². The molecule has 0 heterocycles. The number of aliphatic hydroxyl groups is 2. The summed E-state index contributed by atoms with van der Waals surface area (Å²) in [6.45, 7) is 6.12. The van der Waals surface area contributed by atoms with Gasteiger partial charge in [0, 0.05) is 19.5 Å². The smallest absolute Gasteiger partial charge is 0.224 e. The lowest BCUT2D eigenvalue weighted by atomic mass is 10.00. The molecule has 122 valence electrons. The summed E-state index contributed by atoms with van der Waals surface area (Å²) >= 11 is 0. The molecular formula is C14H26N2O5. The Hall–Kier alpha value is -1.44. The second kappa shape index (κ2) is 12.3.